The quantitative estimate of drug-likeness (QED) is 0.919. The van der Waals surface area contributed by atoms with E-state index < -0.39 is 5.97 Å². The van der Waals surface area contributed by atoms with Crippen LogP contribution in [-0.2, 0) is 16.0 Å². The highest BCUT2D eigenvalue weighted by molar-refractivity contribution is 7.10. The molecule has 1 N–H and O–H groups in total. The molecule has 1 saturated carbocycles. The Hall–Kier alpha value is -1.36. The number of aliphatic carboxylic acids is 1. The summed E-state index contributed by atoms with van der Waals surface area (Å²) in [6, 6.07) is 2.20. The fraction of sp³-hybridized carbons (Fsp3) is 0.571. The van der Waals surface area contributed by atoms with Crippen molar-refractivity contribution in [1.29, 1.82) is 0 Å². The topological polar surface area (TPSA) is 57.6 Å². The summed E-state index contributed by atoms with van der Waals surface area (Å²) in [5.74, 6) is -1.01. The van der Waals surface area contributed by atoms with Crippen molar-refractivity contribution >= 4 is 23.2 Å². The second-order valence-electron chi connectivity index (χ2n) is 5.33. The number of nitrogens with zero attached hydrogens (tertiary/aromatic N) is 1. The number of fused-ring (bicyclic) bond motifs is 1. The second kappa shape index (κ2) is 4.96. The highest BCUT2D eigenvalue weighted by atomic mass is 32.1. The number of aryl methyl sites for hydroxylation is 1. The summed E-state index contributed by atoms with van der Waals surface area (Å²) in [5.41, 5.74) is 1.14. The Morgan fingerprint density at radius 3 is 2.84 bits per heavy atom. The Morgan fingerprint density at radius 2 is 2.16 bits per heavy atom. The molecule has 1 amide bonds. The van der Waals surface area contributed by atoms with Crippen molar-refractivity contribution in [2.75, 3.05) is 6.54 Å². The normalized spacial score (nSPS) is 21.8. The number of carboxylic acid groups (broad SMARTS) is 1. The summed E-state index contributed by atoms with van der Waals surface area (Å²) in [6.07, 6.45) is 4.82. The van der Waals surface area contributed by atoms with E-state index in [0.717, 1.165) is 37.7 Å². The SMILES string of the molecule is O=C(O)CN(C(=O)C1CCCc2sccc21)C1CC1. The van der Waals surface area contributed by atoms with Crippen LogP contribution >= 0.6 is 11.3 Å². The van der Waals surface area contributed by atoms with Gasteiger partial charge in [-0.3, -0.25) is 9.59 Å². The molecule has 1 aromatic heterocycles. The Bertz CT molecular complexity index is 507. The van der Waals surface area contributed by atoms with Gasteiger partial charge >= 0.3 is 5.97 Å². The van der Waals surface area contributed by atoms with E-state index in [1.807, 2.05) is 11.4 Å². The third-order valence-corrected chi connectivity index (χ3v) is 4.92. The number of carbonyl (C=O) groups is 2. The van der Waals surface area contributed by atoms with Crippen LogP contribution in [0, 0.1) is 0 Å². The van der Waals surface area contributed by atoms with E-state index in [4.69, 9.17) is 5.11 Å². The molecule has 0 radical (unpaired) electrons. The van der Waals surface area contributed by atoms with Crippen LogP contribution in [-0.4, -0.2) is 34.5 Å². The maximum Gasteiger partial charge on any atom is 0.323 e. The molecular weight excluding hydrogens is 262 g/mol. The van der Waals surface area contributed by atoms with Crippen LogP contribution in [0.15, 0.2) is 11.4 Å². The molecule has 102 valence electrons. The predicted octanol–water partition coefficient (Wildman–Crippen LogP) is 2.24. The van der Waals surface area contributed by atoms with Crippen molar-refractivity contribution < 1.29 is 14.7 Å². The molecule has 0 aliphatic heterocycles. The highest BCUT2D eigenvalue weighted by Gasteiger charge is 2.38. The van der Waals surface area contributed by atoms with E-state index in [9.17, 15) is 9.59 Å². The van der Waals surface area contributed by atoms with E-state index in [2.05, 4.69) is 0 Å². The van der Waals surface area contributed by atoms with Gasteiger partial charge < -0.3 is 10.0 Å². The van der Waals surface area contributed by atoms with Crippen LogP contribution < -0.4 is 0 Å². The van der Waals surface area contributed by atoms with E-state index in [-0.39, 0.29) is 24.4 Å². The molecular formula is C14H17NO3S. The number of rotatable bonds is 4. The summed E-state index contributed by atoms with van der Waals surface area (Å²) in [7, 11) is 0. The lowest BCUT2D eigenvalue weighted by Crippen LogP contribution is -2.41. The first-order chi connectivity index (χ1) is 9.16. The van der Waals surface area contributed by atoms with Gasteiger partial charge in [0, 0.05) is 10.9 Å². The molecule has 2 aliphatic carbocycles. The van der Waals surface area contributed by atoms with Gasteiger partial charge in [0.05, 0.1) is 5.92 Å². The zero-order valence-corrected chi connectivity index (χ0v) is 11.5. The maximum absolute atomic E-state index is 12.6. The van der Waals surface area contributed by atoms with Crippen LogP contribution in [0.1, 0.15) is 42.0 Å². The highest BCUT2D eigenvalue weighted by Crippen LogP contribution is 2.38. The van der Waals surface area contributed by atoms with Crippen LogP contribution in [0.3, 0.4) is 0 Å². The summed E-state index contributed by atoms with van der Waals surface area (Å²) in [6.45, 7) is -0.153. The fourth-order valence-corrected chi connectivity index (χ4v) is 3.85. The maximum atomic E-state index is 12.6. The molecule has 1 fully saturated rings. The van der Waals surface area contributed by atoms with Crippen LogP contribution in [0.25, 0.3) is 0 Å². The molecule has 5 heteroatoms. The monoisotopic (exact) mass is 279 g/mol. The van der Waals surface area contributed by atoms with Crippen molar-refractivity contribution in [1.82, 2.24) is 4.90 Å². The van der Waals surface area contributed by atoms with Crippen LogP contribution in [0.4, 0.5) is 0 Å². The lowest BCUT2D eigenvalue weighted by Gasteiger charge is -2.28. The van der Waals surface area contributed by atoms with Gasteiger partial charge in [-0.15, -0.1) is 11.3 Å². The van der Waals surface area contributed by atoms with Gasteiger partial charge in [-0.1, -0.05) is 0 Å². The molecule has 1 atom stereocenters. The van der Waals surface area contributed by atoms with Gasteiger partial charge in [0.25, 0.3) is 0 Å². The van der Waals surface area contributed by atoms with Crippen molar-refractivity contribution in [3.8, 4) is 0 Å². The molecule has 0 spiro atoms. The molecule has 1 aromatic rings. The summed E-state index contributed by atoms with van der Waals surface area (Å²) in [5, 5.41) is 11.0. The van der Waals surface area contributed by atoms with E-state index in [0.29, 0.717) is 0 Å². The molecule has 19 heavy (non-hydrogen) atoms. The Balaban J connectivity index is 1.81. The van der Waals surface area contributed by atoms with Gasteiger partial charge in [-0.25, -0.2) is 0 Å². The summed E-state index contributed by atoms with van der Waals surface area (Å²) >= 11 is 1.71. The second-order valence-corrected chi connectivity index (χ2v) is 6.34. The molecule has 3 rings (SSSR count). The van der Waals surface area contributed by atoms with E-state index in [1.165, 1.54) is 4.88 Å². The fourth-order valence-electron chi connectivity index (χ4n) is 2.86. The number of carboxylic acids is 1. The van der Waals surface area contributed by atoms with Crippen LogP contribution in [0.2, 0.25) is 0 Å². The van der Waals surface area contributed by atoms with Crippen molar-refractivity contribution in [2.24, 2.45) is 0 Å². The number of hydrogen-bond donors (Lipinski definition) is 1. The van der Waals surface area contributed by atoms with Gasteiger partial charge in [-0.05, 0) is 49.1 Å². The first kappa shape index (κ1) is 12.7. The minimum atomic E-state index is -0.915. The molecule has 1 unspecified atom stereocenters. The number of carbonyl (C=O) groups excluding carboxylic acids is 1. The number of hydrogen-bond acceptors (Lipinski definition) is 3. The number of amides is 1. The molecule has 4 nitrogen and oxygen atoms in total. The Morgan fingerprint density at radius 1 is 1.37 bits per heavy atom. The lowest BCUT2D eigenvalue weighted by molar-refractivity contribution is -0.145. The predicted molar refractivity (Wildman–Crippen MR) is 72.4 cm³/mol. The Labute approximate surface area is 116 Å². The van der Waals surface area contributed by atoms with E-state index in [1.54, 1.807) is 16.2 Å². The zero-order chi connectivity index (χ0) is 13.4. The third kappa shape index (κ3) is 2.52. The molecule has 1 heterocycles. The van der Waals surface area contributed by atoms with E-state index >= 15 is 0 Å². The van der Waals surface area contributed by atoms with Crippen molar-refractivity contribution in [3.63, 3.8) is 0 Å². The largest absolute Gasteiger partial charge is 0.480 e. The molecule has 0 bridgehead atoms. The van der Waals surface area contributed by atoms with Crippen molar-refractivity contribution in [2.45, 2.75) is 44.1 Å². The van der Waals surface area contributed by atoms with Gasteiger partial charge in [0.15, 0.2) is 0 Å². The molecule has 2 aliphatic rings. The van der Waals surface area contributed by atoms with Gasteiger partial charge in [-0.2, -0.15) is 0 Å². The van der Waals surface area contributed by atoms with Crippen molar-refractivity contribution in [3.05, 3.63) is 21.9 Å². The van der Waals surface area contributed by atoms with Crippen LogP contribution in [0.5, 0.6) is 0 Å². The summed E-state index contributed by atoms with van der Waals surface area (Å²) in [4.78, 5) is 26.5. The first-order valence-corrected chi connectivity index (χ1v) is 7.63. The summed E-state index contributed by atoms with van der Waals surface area (Å²) < 4.78 is 0. The third-order valence-electron chi connectivity index (χ3n) is 3.93. The average molecular weight is 279 g/mol. The Kier molecular flexibility index (Phi) is 3.31. The lowest BCUT2D eigenvalue weighted by atomic mass is 9.86. The standard InChI is InChI=1S/C14H17NO3S/c16-13(17)8-15(9-4-5-9)14(18)11-2-1-3-12-10(11)6-7-19-12/h6-7,9,11H,1-5,8H2,(H,16,17). The molecule has 0 saturated heterocycles. The van der Waals surface area contributed by atoms with Gasteiger partial charge in [0.2, 0.25) is 5.91 Å². The number of thiophene rings is 1. The van der Waals surface area contributed by atoms with Gasteiger partial charge in [0.1, 0.15) is 6.54 Å². The smallest absolute Gasteiger partial charge is 0.323 e. The minimum absolute atomic E-state index is 0.0178. The first-order valence-electron chi connectivity index (χ1n) is 6.75. The average Bonchev–Trinajstić information content (AvgIpc) is 3.11. The molecule has 0 aromatic carbocycles. The minimum Gasteiger partial charge on any atom is -0.480 e. The zero-order valence-electron chi connectivity index (χ0n) is 10.7.